The Labute approximate surface area is 185 Å². The molecule has 1 aromatic heterocycles. The summed E-state index contributed by atoms with van der Waals surface area (Å²) in [6.07, 6.45) is 1.37. The fourth-order valence-electron chi connectivity index (χ4n) is 4.07. The van der Waals surface area contributed by atoms with Crippen LogP contribution < -0.4 is 20.4 Å². The number of aryl methyl sites for hydroxylation is 2. The van der Waals surface area contributed by atoms with Crippen molar-refractivity contribution in [2.24, 2.45) is 0 Å². The highest BCUT2D eigenvalue weighted by molar-refractivity contribution is 5.93. The SMILES string of the molecule is COc1cc2c(c3oc(=O)c(CC(=O)NCc4ccc(F)cc4)c(C)c13)CCC(C)(C)O2. The first-order valence-corrected chi connectivity index (χ1v) is 10.5. The van der Waals surface area contributed by atoms with Crippen LogP contribution in [0.15, 0.2) is 39.5 Å². The van der Waals surface area contributed by atoms with Crippen molar-refractivity contribution in [3.63, 3.8) is 0 Å². The lowest BCUT2D eigenvalue weighted by molar-refractivity contribution is -0.120. The molecule has 7 heteroatoms. The van der Waals surface area contributed by atoms with Crippen molar-refractivity contribution in [1.29, 1.82) is 0 Å². The largest absolute Gasteiger partial charge is 0.496 e. The van der Waals surface area contributed by atoms with Crippen LogP contribution in [0.25, 0.3) is 11.0 Å². The van der Waals surface area contributed by atoms with E-state index in [-0.39, 0.29) is 35.9 Å². The number of nitrogens with one attached hydrogen (secondary N) is 1. The van der Waals surface area contributed by atoms with Gasteiger partial charge in [0.15, 0.2) is 0 Å². The molecule has 0 unspecified atom stereocenters. The number of benzene rings is 2. The van der Waals surface area contributed by atoms with Crippen molar-refractivity contribution in [2.75, 3.05) is 7.11 Å². The van der Waals surface area contributed by atoms with E-state index in [1.165, 1.54) is 12.1 Å². The summed E-state index contributed by atoms with van der Waals surface area (Å²) in [6.45, 7) is 6.06. The normalized spacial score (nSPS) is 14.5. The third kappa shape index (κ3) is 4.20. The molecule has 0 radical (unpaired) electrons. The summed E-state index contributed by atoms with van der Waals surface area (Å²) < 4.78 is 30.4. The van der Waals surface area contributed by atoms with Crippen molar-refractivity contribution in [2.45, 2.75) is 52.2 Å². The van der Waals surface area contributed by atoms with Gasteiger partial charge < -0.3 is 19.2 Å². The Morgan fingerprint density at radius 2 is 1.97 bits per heavy atom. The highest BCUT2D eigenvalue weighted by Crippen LogP contribution is 2.43. The lowest BCUT2D eigenvalue weighted by Crippen LogP contribution is -2.32. The highest BCUT2D eigenvalue weighted by Gasteiger charge is 2.31. The molecule has 0 fully saturated rings. The molecule has 1 aliphatic heterocycles. The molecule has 0 spiro atoms. The van der Waals surface area contributed by atoms with Gasteiger partial charge >= 0.3 is 5.63 Å². The van der Waals surface area contributed by atoms with E-state index in [1.807, 2.05) is 19.9 Å². The van der Waals surface area contributed by atoms with Gasteiger partial charge in [0.1, 0.15) is 28.5 Å². The number of halogens is 1. The number of ether oxygens (including phenoxy) is 2. The Bertz CT molecular complexity index is 1240. The predicted molar refractivity (Wildman–Crippen MR) is 119 cm³/mol. The third-order valence-electron chi connectivity index (χ3n) is 5.90. The van der Waals surface area contributed by atoms with E-state index in [0.717, 1.165) is 17.5 Å². The molecule has 1 aliphatic rings. The second-order valence-electron chi connectivity index (χ2n) is 8.69. The summed E-state index contributed by atoms with van der Waals surface area (Å²) in [7, 11) is 1.55. The van der Waals surface area contributed by atoms with Crippen LogP contribution in [-0.2, 0) is 24.2 Å². The van der Waals surface area contributed by atoms with Crippen LogP contribution in [0, 0.1) is 12.7 Å². The van der Waals surface area contributed by atoms with Crippen molar-refractivity contribution in [1.82, 2.24) is 5.32 Å². The number of hydrogen-bond donors (Lipinski definition) is 1. The van der Waals surface area contributed by atoms with Gasteiger partial charge in [0.05, 0.1) is 24.5 Å². The van der Waals surface area contributed by atoms with E-state index in [2.05, 4.69) is 5.32 Å². The number of carbonyl (C=O) groups excluding carboxylic acids is 1. The van der Waals surface area contributed by atoms with Crippen molar-refractivity contribution in [3.05, 3.63) is 68.8 Å². The summed E-state index contributed by atoms with van der Waals surface area (Å²) in [4.78, 5) is 25.4. The van der Waals surface area contributed by atoms with Crippen LogP contribution in [0.3, 0.4) is 0 Å². The first-order valence-electron chi connectivity index (χ1n) is 10.5. The lowest BCUT2D eigenvalue weighted by Gasteiger charge is -2.33. The number of carbonyl (C=O) groups is 1. The van der Waals surface area contributed by atoms with E-state index in [4.69, 9.17) is 13.9 Å². The van der Waals surface area contributed by atoms with Crippen LogP contribution in [0.2, 0.25) is 0 Å². The molecule has 0 bridgehead atoms. The van der Waals surface area contributed by atoms with Gasteiger partial charge in [0.25, 0.3) is 0 Å². The van der Waals surface area contributed by atoms with Gasteiger partial charge in [0.2, 0.25) is 5.91 Å². The highest BCUT2D eigenvalue weighted by atomic mass is 19.1. The number of methoxy groups -OCH3 is 1. The van der Waals surface area contributed by atoms with Gasteiger partial charge in [-0.1, -0.05) is 12.1 Å². The van der Waals surface area contributed by atoms with E-state index in [0.29, 0.717) is 34.5 Å². The van der Waals surface area contributed by atoms with Crippen molar-refractivity contribution >= 4 is 16.9 Å². The van der Waals surface area contributed by atoms with E-state index >= 15 is 0 Å². The summed E-state index contributed by atoms with van der Waals surface area (Å²) in [5.41, 5.74) is 2.12. The molecule has 2 heterocycles. The average Bonchev–Trinajstić information content (AvgIpc) is 2.74. The Kier molecular flexibility index (Phi) is 5.67. The number of fused-ring (bicyclic) bond motifs is 3. The van der Waals surface area contributed by atoms with Crippen LogP contribution in [0.1, 0.15) is 42.5 Å². The molecule has 3 aromatic rings. The molecular weight excluding hydrogens is 413 g/mol. The zero-order chi connectivity index (χ0) is 23.0. The molecule has 0 saturated carbocycles. The molecular formula is C25H26FNO5. The second kappa shape index (κ2) is 8.30. The van der Waals surface area contributed by atoms with Crippen molar-refractivity contribution < 1.29 is 23.1 Å². The Morgan fingerprint density at radius 3 is 2.66 bits per heavy atom. The molecule has 0 atom stereocenters. The van der Waals surface area contributed by atoms with Gasteiger partial charge in [-0.2, -0.15) is 0 Å². The standard InChI is InChI=1S/C25H26FNO5/c1-14-18(11-21(28)27-13-15-5-7-16(26)8-6-15)24(29)31-23-17-9-10-25(2,3)32-19(17)12-20(30-4)22(14)23/h5-8,12H,9-11,13H2,1-4H3,(H,27,28). The number of amides is 1. The maximum atomic E-state index is 13.0. The van der Waals surface area contributed by atoms with Gasteiger partial charge in [-0.05, 0) is 56.9 Å². The smallest absolute Gasteiger partial charge is 0.340 e. The number of rotatable bonds is 5. The first-order chi connectivity index (χ1) is 15.2. The second-order valence-corrected chi connectivity index (χ2v) is 8.69. The zero-order valence-electron chi connectivity index (χ0n) is 18.6. The molecule has 0 aliphatic carbocycles. The predicted octanol–water partition coefficient (Wildman–Crippen LogP) is 4.21. The molecule has 6 nitrogen and oxygen atoms in total. The molecule has 0 saturated heterocycles. The van der Waals surface area contributed by atoms with Gasteiger partial charge in [-0.25, -0.2) is 9.18 Å². The topological polar surface area (TPSA) is 77.8 Å². The van der Waals surface area contributed by atoms with E-state index in [1.54, 1.807) is 26.2 Å². The van der Waals surface area contributed by atoms with Crippen LogP contribution in [0.5, 0.6) is 11.5 Å². The molecule has 1 N–H and O–H groups in total. The van der Waals surface area contributed by atoms with Crippen LogP contribution in [0.4, 0.5) is 4.39 Å². The summed E-state index contributed by atoms with van der Waals surface area (Å²) >= 11 is 0. The minimum Gasteiger partial charge on any atom is -0.496 e. The Hall–Kier alpha value is -3.35. The zero-order valence-corrected chi connectivity index (χ0v) is 18.6. The fraction of sp³-hybridized carbons (Fsp3) is 0.360. The maximum Gasteiger partial charge on any atom is 0.340 e. The fourth-order valence-corrected chi connectivity index (χ4v) is 4.07. The third-order valence-corrected chi connectivity index (χ3v) is 5.90. The van der Waals surface area contributed by atoms with E-state index < -0.39 is 5.63 Å². The quantitative estimate of drug-likeness (QED) is 0.603. The molecule has 2 aromatic carbocycles. The maximum absolute atomic E-state index is 13.0. The van der Waals surface area contributed by atoms with Crippen LogP contribution in [-0.4, -0.2) is 18.6 Å². The van der Waals surface area contributed by atoms with E-state index in [9.17, 15) is 14.0 Å². The van der Waals surface area contributed by atoms with Crippen molar-refractivity contribution in [3.8, 4) is 11.5 Å². The Balaban J connectivity index is 1.66. The molecule has 1 amide bonds. The monoisotopic (exact) mass is 439 g/mol. The average molecular weight is 439 g/mol. The first kappa shape index (κ1) is 21.9. The minimum atomic E-state index is -0.549. The molecule has 168 valence electrons. The van der Waals surface area contributed by atoms with Crippen LogP contribution >= 0.6 is 0 Å². The Morgan fingerprint density at radius 1 is 1.25 bits per heavy atom. The summed E-state index contributed by atoms with van der Waals surface area (Å²) in [5.74, 6) is 0.518. The van der Waals surface area contributed by atoms with Gasteiger partial charge in [0, 0.05) is 18.2 Å². The molecule has 32 heavy (non-hydrogen) atoms. The number of hydrogen-bond acceptors (Lipinski definition) is 5. The lowest BCUT2D eigenvalue weighted by atomic mass is 9.91. The van der Waals surface area contributed by atoms with Gasteiger partial charge in [-0.3, -0.25) is 4.79 Å². The summed E-state index contributed by atoms with van der Waals surface area (Å²) in [6, 6.07) is 7.69. The molecule has 4 rings (SSSR count). The summed E-state index contributed by atoms with van der Waals surface area (Å²) in [5, 5.41) is 3.44. The van der Waals surface area contributed by atoms with Gasteiger partial charge in [-0.15, -0.1) is 0 Å². The minimum absolute atomic E-state index is 0.130.